The molecule has 10 heteroatoms. The number of alkyl halides is 3. The van der Waals surface area contributed by atoms with Crippen LogP contribution in [0.5, 0.6) is 0 Å². The second kappa shape index (κ2) is 9.29. The molecule has 1 aliphatic rings. The highest BCUT2D eigenvalue weighted by molar-refractivity contribution is 6.75. The fourth-order valence-corrected chi connectivity index (χ4v) is 6.74. The van der Waals surface area contributed by atoms with Gasteiger partial charge in [-0.15, -0.1) is 0 Å². The van der Waals surface area contributed by atoms with E-state index in [9.17, 15) is 22.8 Å². The Morgan fingerprint density at radius 1 is 1.00 bits per heavy atom. The summed E-state index contributed by atoms with van der Waals surface area (Å²) in [5, 5.41) is 0. The smallest absolute Gasteiger partial charge is 0.467 e. The van der Waals surface area contributed by atoms with Crippen molar-refractivity contribution in [2.75, 3.05) is 7.11 Å². The first-order valence-corrected chi connectivity index (χ1v) is 16.6. The average Bonchev–Trinajstić information content (AvgIpc) is 2.54. The van der Waals surface area contributed by atoms with Gasteiger partial charge in [0.2, 0.25) is 0 Å². The van der Waals surface area contributed by atoms with E-state index in [1.54, 1.807) is 19.6 Å². The lowest BCUT2D eigenvalue weighted by molar-refractivity contribution is -0.187. The number of methoxy groups -OCH3 is 1. The predicted octanol–water partition coefficient (Wildman–Crippen LogP) is 4.55. The van der Waals surface area contributed by atoms with E-state index in [-0.39, 0.29) is 5.92 Å². The largest absolute Gasteiger partial charge is 0.470 e. The van der Waals surface area contributed by atoms with Crippen LogP contribution < -0.4 is 0 Å². The highest BCUT2D eigenvalue weighted by Crippen LogP contribution is 2.36. The maximum Gasteiger partial charge on any atom is 0.470 e. The molecule has 0 bridgehead atoms. The number of carbonyl (C=O) groups is 2. The minimum absolute atomic E-state index is 0.0792. The van der Waals surface area contributed by atoms with Crippen molar-refractivity contribution in [2.24, 2.45) is 5.92 Å². The first-order chi connectivity index (χ1) is 12.6. The lowest BCUT2D eigenvalue weighted by atomic mass is 9.82. The maximum atomic E-state index is 13.4. The third-order valence-electron chi connectivity index (χ3n) is 4.82. The van der Waals surface area contributed by atoms with E-state index in [1.807, 2.05) is 19.6 Å². The summed E-state index contributed by atoms with van der Waals surface area (Å²) in [5.41, 5.74) is 0. The maximum absolute atomic E-state index is 13.4. The van der Waals surface area contributed by atoms with Crippen LogP contribution in [0.1, 0.15) is 32.1 Å². The quantitative estimate of drug-likeness (QED) is 0.429. The van der Waals surface area contributed by atoms with Gasteiger partial charge < -0.3 is 13.7 Å². The van der Waals surface area contributed by atoms with Crippen LogP contribution in [0.3, 0.4) is 0 Å². The van der Waals surface area contributed by atoms with Crippen molar-refractivity contribution in [3.63, 3.8) is 0 Å². The summed E-state index contributed by atoms with van der Waals surface area (Å²) in [6.07, 6.45) is -1.40. The lowest BCUT2D eigenvalue weighted by Crippen LogP contribution is -2.66. The Morgan fingerprint density at radius 2 is 1.50 bits per heavy atom. The van der Waals surface area contributed by atoms with Crippen LogP contribution in [0.15, 0.2) is 0 Å². The molecule has 164 valence electrons. The number of halogens is 3. The number of hydrogen-bond donors (Lipinski definition) is 0. The second-order valence-electron chi connectivity index (χ2n) is 9.40. The summed E-state index contributed by atoms with van der Waals surface area (Å²) in [6, 6.07) is -1.39. The number of nitrogens with zero attached hydrogens (tertiary/aromatic N) is 1. The number of amides is 1. The third kappa shape index (κ3) is 6.87. The zero-order valence-corrected chi connectivity index (χ0v) is 20.0. The molecule has 1 aliphatic carbocycles. The molecule has 2 atom stereocenters. The summed E-state index contributed by atoms with van der Waals surface area (Å²) in [7, 11) is -3.99. The fourth-order valence-electron chi connectivity index (χ4n) is 3.78. The Balaban J connectivity index is 3.53. The van der Waals surface area contributed by atoms with Gasteiger partial charge in [-0.2, -0.15) is 13.2 Å². The topological polar surface area (TPSA) is 55.8 Å². The number of rotatable bonds is 7. The first kappa shape index (κ1) is 25.2. The van der Waals surface area contributed by atoms with Gasteiger partial charge in [0, 0.05) is 0 Å². The van der Waals surface area contributed by atoms with Crippen LogP contribution in [0, 0.1) is 5.92 Å². The van der Waals surface area contributed by atoms with Crippen LogP contribution in [-0.4, -0.2) is 58.4 Å². The van der Waals surface area contributed by atoms with Gasteiger partial charge in [-0.25, -0.2) is 4.79 Å². The molecule has 0 aromatic heterocycles. The molecular weight excluding hydrogens is 407 g/mol. The normalized spacial score (nSPS) is 19.1. The Labute approximate surface area is 168 Å². The predicted molar refractivity (Wildman–Crippen MR) is 107 cm³/mol. The van der Waals surface area contributed by atoms with E-state index in [0.29, 0.717) is 0 Å². The summed E-state index contributed by atoms with van der Waals surface area (Å²) in [6.45, 7) is 10.7. The van der Waals surface area contributed by atoms with Crippen molar-refractivity contribution >= 4 is 28.4 Å². The molecule has 0 aromatic rings. The minimum Gasteiger partial charge on any atom is -0.467 e. The summed E-state index contributed by atoms with van der Waals surface area (Å²) < 4.78 is 52.3. The molecule has 0 N–H and O–H groups in total. The van der Waals surface area contributed by atoms with Gasteiger partial charge in [-0.3, -0.25) is 4.79 Å². The standard InChI is InChI=1S/C18H34F3NO4Si2/c1-25-16(23)14(22(27(2,3)4)17(24)18(19,20)21)15(26-28(5,6)7)13-11-9-8-10-12-13/h13-15H,8-12H2,1-7H3/t14-,15-/m0/s1. The molecule has 1 rings (SSSR count). The van der Waals surface area contributed by atoms with Crippen molar-refractivity contribution < 1.29 is 31.9 Å². The summed E-state index contributed by atoms with van der Waals surface area (Å²) in [5.74, 6) is -2.90. The number of ether oxygens (including phenoxy) is 1. The highest BCUT2D eigenvalue weighted by Gasteiger charge is 2.54. The molecular formula is C18H34F3NO4Si2. The van der Waals surface area contributed by atoms with Crippen molar-refractivity contribution in [1.29, 1.82) is 0 Å². The highest BCUT2D eigenvalue weighted by atomic mass is 28.4. The molecule has 0 unspecified atom stereocenters. The van der Waals surface area contributed by atoms with Crippen LogP contribution in [0.25, 0.3) is 0 Å². The number of carbonyl (C=O) groups excluding carboxylic acids is 2. The summed E-state index contributed by atoms with van der Waals surface area (Å²) in [4.78, 5) is 25.2. The van der Waals surface area contributed by atoms with Gasteiger partial charge in [-0.1, -0.05) is 38.9 Å². The zero-order chi connectivity index (χ0) is 21.9. The molecule has 5 nitrogen and oxygen atoms in total. The van der Waals surface area contributed by atoms with Crippen LogP contribution in [0.2, 0.25) is 39.3 Å². The van der Waals surface area contributed by atoms with Crippen LogP contribution >= 0.6 is 0 Å². The molecule has 0 aliphatic heterocycles. The van der Waals surface area contributed by atoms with E-state index in [2.05, 4.69) is 0 Å². The van der Waals surface area contributed by atoms with Crippen LogP contribution in [0.4, 0.5) is 13.2 Å². The zero-order valence-electron chi connectivity index (χ0n) is 18.0. The van der Waals surface area contributed by atoms with Gasteiger partial charge in [-0.05, 0) is 38.4 Å². The number of esters is 1. The van der Waals surface area contributed by atoms with E-state index < -0.39 is 46.8 Å². The van der Waals surface area contributed by atoms with Gasteiger partial charge in [0.1, 0.15) is 6.04 Å². The monoisotopic (exact) mass is 441 g/mol. The second-order valence-corrected chi connectivity index (χ2v) is 18.7. The van der Waals surface area contributed by atoms with Crippen molar-refractivity contribution in [3.8, 4) is 0 Å². The van der Waals surface area contributed by atoms with Crippen LogP contribution in [-0.2, 0) is 18.8 Å². The Kier molecular flexibility index (Phi) is 8.35. The van der Waals surface area contributed by atoms with E-state index >= 15 is 0 Å². The van der Waals surface area contributed by atoms with E-state index in [0.717, 1.165) is 43.8 Å². The third-order valence-corrected chi connectivity index (χ3v) is 7.73. The lowest BCUT2D eigenvalue weighted by Gasteiger charge is -2.46. The molecule has 0 spiro atoms. The minimum atomic E-state index is -5.07. The van der Waals surface area contributed by atoms with E-state index in [4.69, 9.17) is 9.16 Å². The van der Waals surface area contributed by atoms with Gasteiger partial charge >= 0.3 is 18.1 Å². The molecule has 1 amide bonds. The van der Waals surface area contributed by atoms with Crippen molar-refractivity contribution in [3.05, 3.63) is 0 Å². The SMILES string of the molecule is COC(=O)[C@H]([C@@H](O[Si](C)(C)C)C1CCCCC1)N(C(=O)C(F)(F)F)[Si](C)(C)C. The molecule has 0 aromatic carbocycles. The average molecular weight is 442 g/mol. The molecule has 28 heavy (non-hydrogen) atoms. The van der Waals surface area contributed by atoms with Crippen molar-refractivity contribution in [2.45, 2.75) is 89.7 Å². The fraction of sp³-hybridized carbons (Fsp3) is 0.889. The molecule has 1 saturated carbocycles. The van der Waals surface area contributed by atoms with E-state index in [1.165, 1.54) is 0 Å². The number of hydrogen-bond acceptors (Lipinski definition) is 4. The molecule has 1 fully saturated rings. The van der Waals surface area contributed by atoms with Gasteiger partial charge in [0.15, 0.2) is 16.6 Å². The molecule has 0 saturated heterocycles. The molecule has 0 heterocycles. The Bertz CT molecular complexity index is 553. The van der Waals surface area contributed by atoms with Gasteiger partial charge in [0.05, 0.1) is 13.2 Å². The Hall–Kier alpha value is -0.876. The van der Waals surface area contributed by atoms with Crippen molar-refractivity contribution in [1.82, 2.24) is 4.57 Å². The summed E-state index contributed by atoms with van der Waals surface area (Å²) >= 11 is 0. The first-order valence-electron chi connectivity index (χ1n) is 9.75. The molecule has 0 radical (unpaired) electrons. The Morgan fingerprint density at radius 3 is 1.86 bits per heavy atom. The van der Waals surface area contributed by atoms with Gasteiger partial charge in [0.25, 0.3) is 0 Å².